The molecule has 0 unspecified atom stereocenters. The molecule has 2 heterocycles. The van der Waals surface area contributed by atoms with Crippen molar-refractivity contribution >= 4 is 35.0 Å². The minimum Gasteiger partial charge on any atom is -0.467 e. The molecule has 3 amide bonds. The maximum Gasteiger partial charge on any atom is 0.261 e. The quantitative estimate of drug-likeness (QED) is 0.694. The highest BCUT2D eigenvalue weighted by molar-refractivity contribution is 6.34. The van der Waals surface area contributed by atoms with Gasteiger partial charge in [-0.3, -0.25) is 19.3 Å². The van der Waals surface area contributed by atoms with Gasteiger partial charge >= 0.3 is 0 Å². The lowest BCUT2D eigenvalue weighted by Gasteiger charge is -2.11. The summed E-state index contributed by atoms with van der Waals surface area (Å²) in [5, 5.41) is 3.10. The summed E-state index contributed by atoms with van der Waals surface area (Å²) in [6, 6.07) is 14.6. The van der Waals surface area contributed by atoms with Gasteiger partial charge in [0.1, 0.15) is 5.76 Å². The zero-order valence-corrected chi connectivity index (χ0v) is 14.7. The fourth-order valence-corrected chi connectivity index (χ4v) is 3.07. The number of carbonyl (C=O) groups is 3. The number of carbonyl (C=O) groups excluding carboxylic acids is 3. The molecular weight excluding hydrogens is 368 g/mol. The van der Waals surface area contributed by atoms with Crippen molar-refractivity contribution in [3.63, 3.8) is 0 Å². The monoisotopic (exact) mass is 380 g/mol. The number of halogens is 1. The van der Waals surface area contributed by atoms with Crippen LogP contribution in [-0.2, 0) is 6.54 Å². The van der Waals surface area contributed by atoms with Gasteiger partial charge in [0.2, 0.25) is 0 Å². The number of rotatable bonds is 4. The summed E-state index contributed by atoms with van der Waals surface area (Å²) in [6.07, 6.45) is 1.48. The second-order valence-corrected chi connectivity index (χ2v) is 6.38. The summed E-state index contributed by atoms with van der Waals surface area (Å²) in [4.78, 5) is 38.7. The molecule has 1 aromatic heterocycles. The first kappa shape index (κ1) is 17.1. The van der Waals surface area contributed by atoms with Gasteiger partial charge in [-0.2, -0.15) is 0 Å². The Hall–Kier alpha value is -3.38. The normalized spacial score (nSPS) is 13.0. The van der Waals surface area contributed by atoms with Crippen LogP contribution in [-0.4, -0.2) is 22.6 Å². The molecule has 0 spiro atoms. The Kier molecular flexibility index (Phi) is 4.25. The van der Waals surface area contributed by atoms with Gasteiger partial charge in [0, 0.05) is 5.56 Å². The van der Waals surface area contributed by atoms with Crippen LogP contribution in [0.3, 0.4) is 0 Å². The fraction of sp³-hybridized carbons (Fsp3) is 0.0500. The number of imide groups is 1. The van der Waals surface area contributed by atoms with Crippen molar-refractivity contribution in [1.82, 2.24) is 4.90 Å². The molecule has 0 bridgehead atoms. The van der Waals surface area contributed by atoms with E-state index in [1.165, 1.54) is 24.5 Å². The molecule has 2 aromatic carbocycles. The SMILES string of the molecule is O=C(Nc1ccccc1Cl)c1ccc2c(c1)C(=O)N(Cc1ccco1)C2=O. The van der Waals surface area contributed by atoms with Crippen LogP contribution in [0.2, 0.25) is 5.02 Å². The molecule has 0 aliphatic carbocycles. The van der Waals surface area contributed by atoms with Crippen molar-refractivity contribution in [2.24, 2.45) is 0 Å². The maximum absolute atomic E-state index is 12.6. The lowest BCUT2D eigenvalue weighted by atomic mass is 10.1. The van der Waals surface area contributed by atoms with Gasteiger partial charge in [0.25, 0.3) is 17.7 Å². The fourth-order valence-electron chi connectivity index (χ4n) is 2.89. The van der Waals surface area contributed by atoms with E-state index in [0.717, 1.165) is 4.90 Å². The molecule has 6 nitrogen and oxygen atoms in total. The summed E-state index contributed by atoms with van der Waals surface area (Å²) < 4.78 is 5.21. The van der Waals surface area contributed by atoms with Crippen molar-refractivity contribution in [2.75, 3.05) is 5.32 Å². The summed E-state index contributed by atoms with van der Waals surface area (Å²) in [7, 11) is 0. The van der Waals surface area contributed by atoms with Gasteiger partial charge in [-0.15, -0.1) is 0 Å². The number of nitrogens with zero attached hydrogens (tertiary/aromatic N) is 1. The molecule has 3 aromatic rings. The first-order chi connectivity index (χ1) is 13.0. The number of anilines is 1. The molecule has 0 fully saturated rings. The lowest BCUT2D eigenvalue weighted by molar-refractivity contribution is 0.0631. The molecule has 4 rings (SSSR count). The minimum atomic E-state index is -0.459. The third-order valence-corrected chi connectivity index (χ3v) is 4.58. The van der Waals surface area contributed by atoms with E-state index in [4.69, 9.17) is 16.0 Å². The molecule has 0 atom stereocenters. The van der Waals surface area contributed by atoms with Crippen LogP contribution in [0.25, 0.3) is 0 Å². The van der Waals surface area contributed by atoms with Gasteiger partial charge in [-0.25, -0.2) is 0 Å². The molecule has 1 N–H and O–H groups in total. The van der Waals surface area contributed by atoms with E-state index in [9.17, 15) is 14.4 Å². The zero-order valence-electron chi connectivity index (χ0n) is 13.9. The predicted molar refractivity (Wildman–Crippen MR) is 98.8 cm³/mol. The van der Waals surface area contributed by atoms with Gasteiger partial charge < -0.3 is 9.73 Å². The molecule has 1 aliphatic heterocycles. The van der Waals surface area contributed by atoms with E-state index in [-0.39, 0.29) is 23.2 Å². The van der Waals surface area contributed by atoms with Crippen molar-refractivity contribution in [1.29, 1.82) is 0 Å². The second kappa shape index (κ2) is 6.74. The number of furan rings is 1. The number of benzene rings is 2. The minimum absolute atomic E-state index is 0.0422. The Morgan fingerprint density at radius 2 is 1.78 bits per heavy atom. The van der Waals surface area contributed by atoms with Crippen LogP contribution >= 0.6 is 11.6 Å². The Morgan fingerprint density at radius 3 is 2.52 bits per heavy atom. The Bertz CT molecular complexity index is 1060. The van der Waals surface area contributed by atoms with E-state index in [1.807, 2.05) is 0 Å². The first-order valence-electron chi connectivity index (χ1n) is 8.13. The van der Waals surface area contributed by atoms with Gasteiger partial charge in [0.05, 0.1) is 34.6 Å². The smallest absolute Gasteiger partial charge is 0.261 e. The van der Waals surface area contributed by atoms with Crippen LogP contribution in [0.5, 0.6) is 0 Å². The van der Waals surface area contributed by atoms with E-state index in [1.54, 1.807) is 36.4 Å². The summed E-state index contributed by atoms with van der Waals surface area (Å²) in [5.74, 6) is -0.792. The maximum atomic E-state index is 12.6. The number of para-hydroxylation sites is 1. The molecule has 134 valence electrons. The number of amides is 3. The van der Waals surface area contributed by atoms with E-state index < -0.39 is 17.7 Å². The van der Waals surface area contributed by atoms with Crippen LogP contribution in [0.1, 0.15) is 36.8 Å². The Labute approximate surface area is 159 Å². The average Bonchev–Trinajstić information content (AvgIpc) is 3.26. The molecule has 0 saturated heterocycles. The molecule has 0 radical (unpaired) electrons. The standard InChI is InChI=1S/C20H13ClN2O4/c21-16-5-1-2-6-17(16)22-18(24)12-7-8-14-15(10-12)20(26)23(19(14)25)11-13-4-3-9-27-13/h1-10H,11H2,(H,22,24). The summed E-state index contributed by atoms with van der Waals surface area (Å²) in [6.45, 7) is 0.0422. The number of nitrogens with one attached hydrogen (secondary N) is 1. The summed E-state index contributed by atoms with van der Waals surface area (Å²) in [5.41, 5.74) is 1.18. The highest BCUT2D eigenvalue weighted by atomic mass is 35.5. The third-order valence-electron chi connectivity index (χ3n) is 4.25. The zero-order chi connectivity index (χ0) is 19.0. The molecule has 1 aliphatic rings. The molecule has 0 saturated carbocycles. The molecule has 7 heteroatoms. The second-order valence-electron chi connectivity index (χ2n) is 5.97. The van der Waals surface area contributed by atoms with Gasteiger partial charge in [-0.1, -0.05) is 23.7 Å². The Balaban J connectivity index is 1.59. The van der Waals surface area contributed by atoms with Crippen molar-refractivity contribution in [2.45, 2.75) is 6.54 Å². The third kappa shape index (κ3) is 3.11. The van der Waals surface area contributed by atoms with Crippen LogP contribution < -0.4 is 5.32 Å². The number of hydrogen-bond acceptors (Lipinski definition) is 4. The average molecular weight is 381 g/mol. The first-order valence-corrected chi connectivity index (χ1v) is 8.51. The van der Waals surface area contributed by atoms with E-state index in [0.29, 0.717) is 16.5 Å². The number of fused-ring (bicyclic) bond motifs is 1. The largest absolute Gasteiger partial charge is 0.467 e. The lowest BCUT2D eigenvalue weighted by Crippen LogP contribution is -2.28. The molecule has 27 heavy (non-hydrogen) atoms. The van der Waals surface area contributed by atoms with Crippen molar-refractivity contribution in [3.05, 3.63) is 88.3 Å². The Morgan fingerprint density at radius 1 is 1.00 bits per heavy atom. The highest BCUT2D eigenvalue weighted by Gasteiger charge is 2.36. The summed E-state index contributed by atoms with van der Waals surface area (Å²) >= 11 is 6.05. The topological polar surface area (TPSA) is 79.6 Å². The van der Waals surface area contributed by atoms with Crippen LogP contribution in [0.4, 0.5) is 5.69 Å². The van der Waals surface area contributed by atoms with Crippen molar-refractivity contribution < 1.29 is 18.8 Å². The van der Waals surface area contributed by atoms with E-state index >= 15 is 0 Å². The predicted octanol–water partition coefficient (Wildman–Crippen LogP) is 3.98. The number of hydrogen-bond donors (Lipinski definition) is 1. The highest BCUT2D eigenvalue weighted by Crippen LogP contribution is 2.27. The molecular formula is C20H13ClN2O4. The van der Waals surface area contributed by atoms with Gasteiger partial charge in [0.15, 0.2) is 0 Å². The van der Waals surface area contributed by atoms with Crippen LogP contribution in [0, 0.1) is 0 Å². The van der Waals surface area contributed by atoms with Crippen LogP contribution in [0.15, 0.2) is 65.3 Å². The van der Waals surface area contributed by atoms with Crippen molar-refractivity contribution in [3.8, 4) is 0 Å². The van der Waals surface area contributed by atoms with Gasteiger partial charge in [-0.05, 0) is 42.5 Å². The van der Waals surface area contributed by atoms with E-state index in [2.05, 4.69) is 5.32 Å².